The lowest BCUT2D eigenvalue weighted by molar-refractivity contribution is -0.0340. The largest absolute Gasteiger partial charge is 0.120 e. The maximum Gasteiger partial charge on any atom is 0.0120 e. The third-order valence-corrected chi connectivity index (χ3v) is 4.78. The Balaban J connectivity index is 1.82. The molecule has 4 rings (SSSR count). The Morgan fingerprint density at radius 3 is 1.92 bits per heavy atom. The molecule has 13 heavy (non-hydrogen) atoms. The van der Waals surface area contributed by atoms with Gasteiger partial charge in [-0.05, 0) is 61.7 Å². The third kappa shape index (κ3) is 1.13. The average molecular weight is 174 g/mol. The Morgan fingerprint density at radius 2 is 1.46 bits per heavy atom. The van der Waals surface area contributed by atoms with Gasteiger partial charge in [-0.25, -0.2) is 0 Å². The summed E-state index contributed by atoms with van der Waals surface area (Å²) in [6.07, 6.45) is 14.1. The van der Waals surface area contributed by atoms with Crippen LogP contribution in [0.4, 0.5) is 0 Å². The van der Waals surface area contributed by atoms with Crippen LogP contribution in [0.15, 0.2) is 0 Å². The summed E-state index contributed by atoms with van der Waals surface area (Å²) in [6.45, 7) is 0. The van der Waals surface area contributed by atoms with Gasteiger partial charge in [0.1, 0.15) is 0 Å². The van der Waals surface area contributed by atoms with E-state index in [9.17, 15) is 0 Å². The lowest BCUT2D eigenvalue weighted by Gasteiger charge is -2.54. The van der Waals surface area contributed by atoms with Crippen molar-refractivity contribution in [3.63, 3.8) is 0 Å². The van der Waals surface area contributed by atoms with Crippen LogP contribution in [0.25, 0.3) is 0 Å². The SMILES string of the molecule is C#CCC1C2CC3CC(C2)CC1C3. The zero-order valence-corrected chi connectivity index (χ0v) is 8.21. The van der Waals surface area contributed by atoms with Crippen molar-refractivity contribution in [3.05, 3.63) is 0 Å². The fourth-order valence-corrected chi connectivity index (χ4v) is 4.51. The Labute approximate surface area is 81.1 Å². The highest BCUT2D eigenvalue weighted by Crippen LogP contribution is 2.57. The predicted molar refractivity (Wildman–Crippen MR) is 54.0 cm³/mol. The van der Waals surface area contributed by atoms with E-state index >= 15 is 0 Å². The molecule has 0 atom stereocenters. The smallest absolute Gasteiger partial charge is 0.0120 e. The van der Waals surface area contributed by atoms with Crippen LogP contribution in [0.1, 0.15) is 38.5 Å². The molecule has 4 bridgehead atoms. The summed E-state index contributed by atoms with van der Waals surface area (Å²) in [6, 6.07) is 0. The van der Waals surface area contributed by atoms with Crippen molar-refractivity contribution in [2.75, 3.05) is 0 Å². The van der Waals surface area contributed by atoms with Crippen LogP contribution in [0.2, 0.25) is 0 Å². The van der Waals surface area contributed by atoms with Crippen molar-refractivity contribution in [3.8, 4) is 12.3 Å². The molecule has 4 aliphatic rings. The summed E-state index contributed by atoms with van der Waals surface area (Å²) < 4.78 is 0. The van der Waals surface area contributed by atoms with Gasteiger partial charge in [0.15, 0.2) is 0 Å². The van der Waals surface area contributed by atoms with Gasteiger partial charge in [0.05, 0.1) is 0 Å². The van der Waals surface area contributed by atoms with E-state index in [-0.39, 0.29) is 0 Å². The molecule has 0 unspecified atom stereocenters. The first-order valence-electron chi connectivity index (χ1n) is 5.80. The van der Waals surface area contributed by atoms with Crippen LogP contribution in [0.5, 0.6) is 0 Å². The van der Waals surface area contributed by atoms with Crippen molar-refractivity contribution in [2.24, 2.45) is 29.6 Å². The van der Waals surface area contributed by atoms with Crippen LogP contribution in [0.3, 0.4) is 0 Å². The average Bonchev–Trinajstić information content (AvgIpc) is 2.10. The minimum absolute atomic E-state index is 0.915. The van der Waals surface area contributed by atoms with Gasteiger partial charge in [-0.2, -0.15) is 0 Å². The second-order valence-corrected chi connectivity index (χ2v) is 5.50. The maximum absolute atomic E-state index is 5.46. The highest BCUT2D eigenvalue weighted by Gasteiger charge is 2.47. The maximum atomic E-state index is 5.46. The molecule has 0 N–H and O–H groups in total. The minimum Gasteiger partial charge on any atom is -0.120 e. The lowest BCUT2D eigenvalue weighted by Crippen LogP contribution is -2.44. The van der Waals surface area contributed by atoms with Gasteiger partial charge in [0, 0.05) is 6.42 Å². The van der Waals surface area contributed by atoms with Crippen molar-refractivity contribution < 1.29 is 0 Å². The Bertz CT molecular complexity index is 217. The second kappa shape index (κ2) is 2.77. The van der Waals surface area contributed by atoms with E-state index in [1.807, 2.05) is 0 Å². The molecule has 0 radical (unpaired) electrons. The van der Waals surface area contributed by atoms with E-state index in [0.29, 0.717) is 0 Å². The summed E-state index contributed by atoms with van der Waals surface area (Å²) >= 11 is 0. The molecule has 4 aliphatic carbocycles. The van der Waals surface area contributed by atoms with Gasteiger partial charge < -0.3 is 0 Å². The summed E-state index contributed by atoms with van der Waals surface area (Å²) in [7, 11) is 0. The molecule has 0 aromatic heterocycles. The zero-order chi connectivity index (χ0) is 8.84. The first kappa shape index (κ1) is 7.92. The molecule has 0 aliphatic heterocycles. The summed E-state index contributed by atoms with van der Waals surface area (Å²) in [4.78, 5) is 0. The van der Waals surface area contributed by atoms with Crippen LogP contribution in [-0.2, 0) is 0 Å². The monoisotopic (exact) mass is 174 g/mol. The second-order valence-electron chi connectivity index (χ2n) is 5.50. The Morgan fingerprint density at radius 1 is 0.923 bits per heavy atom. The molecular weight excluding hydrogens is 156 g/mol. The molecular formula is C13H18. The Kier molecular flexibility index (Phi) is 1.69. The van der Waals surface area contributed by atoms with E-state index in [1.54, 1.807) is 6.42 Å². The zero-order valence-electron chi connectivity index (χ0n) is 8.21. The standard InChI is InChI=1S/C13H18/c1-2-3-13-11-5-9-4-10(7-11)8-12(13)6-9/h1,9-13H,3-8H2. The summed E-state index contributed by atoms with van der Waals surface area (Å²) in [5, 5.41) is 0. The van der Waals surface area contributed by atoms with Gasteiger partial charge in [-0.3, -0.25) is 0 Å². The van der Waals surface area contributed by atoms with Crippen LogP contribution in [0, 0.1) is 41.9 Å². The molecule has 0 spiro atoms. The van der Waals surface area contributed by atoms with Gasteiger partial charge in [-0.15, -0.1) is 12.3 Å². The number of hydrogen-bond acceptors (Lipinski definition) is 0. The topological polar surface area (TPSA) is 0 Å². The quantitative estimate of drug-likeness (QED) is 0.536. The Hall–Kier alpha value is -0.440. The summed E-state index contributed by atoms with van der Waals surface area (Å²) in [5.74, 6) is 8.04. The van der Waals surface area contributed by atoms with E-state index in [4.69, 9.17) is 6.42 Å². The van der Waals surface area contributed by atoms with Crippen molar-refractivity contribution in [1.29, 1.82) is 0 Å². The highest BCUT2D eigenvalue weighted by molar-refractivity contribution is 5.01. The first-order valence-corrected chi connectivity index (χ1v) is 5.80. The van der Waals surface area contributed by atoms with E-state index in [0.717, 1.165) is 36.0 Å². The molecule has 0 saturated heterocycles. The first-order chi connectivity index (χ1) is 6.36. The molecule has 0 nitrogen and oxygen atoms in total. The van der Waals surface area contributed by atoms with E-state index in [1.165, 1.54) is 25.7 Å². The number of hydrogen-bond donors (Lipinski definition) is 0. The lowest BCUT2D eigenvalue weighted by atomic mass is 9.51. The molecule has 4 fully saturated rings. The van der Waals surface area contributed by atoms with Crippen molar-refractivity contribution >= 4 is 0 Å². The predicted octanol–water partition coefficient (Wildman–Crippen LogP) is 3.08. The van der Waals surface area contributed by atoms with Crippen molar-refractivity contribution in [1.82, 2.24) is 0 Å². The van der Waals surface area contributed by atoms with Crippen LogP contribution < -0.4 is 0 Å². The normalized spacial score (nSPS) is 52.1. The molecule has 70 valence electrons. The molecule has 0 heterocycles. The van der Waals surface area contributed by atoms with Gasteiger partial charge in [-0.1, -0.05) is 0 Å². The van der Waals surface area contributed by atoms with Gasteiger partial charge >= 0.3 is 0 Å². The highest BCUT2D eigenvalue weighted by atomic mass is 14.5. The molecule has 0 aromatic carbocycles. The van der Waals surface area contributed by atoms with Crippen LogP contribution in [-0.4, -0.2) is 0 Å². The van der Waals surface area contributed by atoms with Crippen molar-refractivity contribution in [2.45, 2.75) is 38.5 Å². The molecule has 4 saturated carbocycles. The summed E-state index contributed by atoms with van der Waals surface area (Å²) in [5.41, 5.74) is 0. The van der Waals surface area contributed by atoms with E-state index in [2.05, 4.69) is 5.92 Å². The van der Waals surface area contributed by atoms with Crippen LogP contribution >= 0.6 is 0 Å². The number of terminal acetylenes is 1. The van der Waals surface area contributed by atoms with E-state index < -0.39 is 0 Å². The number of rotatable bonds is 1. The fraction of sp³-hybridized carbons (Fsp3) is 0.846. The fourth-order valence-electron chi connectivity index (χ4n) is 4.51. The molecule has 0 heteroatoms. The van der Waals surface area contributed by atoms with Gasteiger partial charge in [0.25, 0.3) is 0 Å². The third-order valence-electron chi connectivity index (χ3n) is 4.78. The molecule has 0 amide bonds. The minimum atomic E-state index is 0.915. The molecule has 0 aromatic rings. The van der Waals surface area contributed by atoms with Gasteiger partial charge in [0.2, 0.25) is 0 Å².